The van der Waals surface area contributed by atoms with Gasteiger partial charge in [0, 0.05) is 31.6 Å². The summed E-state index contributed by atoms with van der Waals surface area (Å²) < 4.78 is 5.18. The molecule has 0 unspecified atom stereocenters. The van der Waals surface area contributed by atoms with Gasteiger partial charge in [0.1, 0.15) is 5.54 Å². The van der Waals surface area contributed by atoms with Crippen molar-refractivity contribution in [3.05, 3.63) is 35.4 Å². The molecule has 0 aromatic heterocycles. The van der Waals surface area contributed by atoms with Crippen LogP contribution in [0.3, 0.4) is 0 Å². The van der Waals surface area contributed by atoms with Crippen molar-refractivity contribution in [2.24, 2.45) is 0 Å². The van der Waals surface area contributed by atoms with Crippen LogP contribution >= 0.6 is 0 Å². The summed E-state index contributed by atoms with van der Waals surface area (Å²) in [5.74, 6) is -1.65. The van der Waals surface area contributed by atoms with Gasteiger partial charge in [0.2, 0.25) is 5.91 Å². The molecule has 1 aromatic carbocycles. The van der Waals surface area contributed by atoms with E-state index in [2.05, 4.69) is 10.6 Å². The summed E-state index contributed by atoms with van der Waals surface area (Å²) in [6, 6.07) is 6.65. The van der Waals surface area contributed by atoms with Crippen LogP contribution in [0.4, 0.5) is 0 Å². The molecule has 1 aromatic rings. The Balaban J connectivity index is 1.70. The number of hydrogen-bond donors (Lipinski definition) is 3. The van der Waals surface area contributed by atoms with Crippen molar-refractivity contribution in [3.8, 4) is 0 Å². The fraction of sp³-hybridized carbons (Fsp3) is 0.438. The number of carbonyl (C=O) groups is 3. The van der Waals surface area contributed by atoms with Crippen LogP contribution in [0.15, 0.2) is 24.3 Å². The summed E-state index contributed by atoms with van der Waals surface area (Å²) in [5.41, 5.74) is 0.0469. The lowest BCUT2D eigenvalue weighted by Crippen LogP contribution is -2.57. The highest BCUT2D eigenvalue weighted by atomic mass is 16.5. The maximum absolute atomic E-state index is 12.3. The van der Waals surface area contributed by atoms with Gasteiger partial charge in [-0.3, -0.25) is 9.59 Å². The van der Waals surface area contributed by atoms with Gasteiger partial charge in [0.15, 0.2) is 0 Å². The van der Waals surface area contributed by atoms with E-state index in [0.717, 1.165) is 5.56 Å². The van der Waals surface area contributed by atoms with Crippen LogP contribution in [0.25, 0.3) is 0 Å². The van der Waals surface area contributed by atoms with Crippen molar-refractivity contribution in [2.75, 3.05) is 13.2 Å². The molecule has 2 heterocycles. The van der Waals surface area contributed by atoms with Crippen molar-refractivity contribution >= 4 is 17.8 Å². The number of benzene rings is 1. The van der Waals surface area contributed by atoms with Gasteiger partial charge in [-0.1, -0.05) is 18.2 Å². The molecule has 0 saturated carbocycles. The summed E-state index contributed by atoms with van der Waals surface area (Å²) in [4.78, 5) is 35.8. The van der Waals surface area contributed by atoms with Crippen molar-refractivity contribution in [1.29, 1.82) is 0 Å². The minimum Gasteiger partial charge on any atom is -0.480 e. The molecule has 0 radical (unpaired) electrons. The summed E-state index contributed by atoms with van der Waals surface area (Å²) in [6.07, 6.45) is 0.488. The van der Waals surface area contributed by atoms with Crippen LogP contribution in [0.1, 0.15) is 41.2 Å². The van der Waals surface area contributed by atoms with Gasteiger partial charge in [-0.05, 0) is 11.6 Å². The first kappa shape index (κ1) is 15.5. The Hall–Kier alpha value is -2.41. The highest BCUT2D eigenvalue weighted by molar-refractivity contribution is 6.00. The number of hydrogen-bond acceptors (Lipinski definition) is 4. The zero-order chi connectivity index (χ0) is 16.4. The molecule has 0 aliphatic carbocycles. The predicted octanol–water partition coefficient (Wildman–Crippen LogP) is 0.611. The molecule has 122 valence electrons. The normalized spacial score (nSPS) is 22.1. The highest BCUT2D eigenvalue weighted by Gasteiger charge is 2.42. The summed E-state index contributed by atoms with van der Waals surface area (Å²) >= 11 is 0. The molecular weight excluding hydrogens is 300 g/mol. The van der Waals surface area contributed by atoms with Crippen molar-refractivity contribution in [1.82, 2.24) is 10.6 Å². The monoisotopic (exact) mass is 318 g/mol. The summed E-state index contributed by atoms with van der Waals surface area (Å²) in [6.45, 7) is 0.602. The topological polar surface area (TPSA) is 105 Å². The molecule has 0 spiro atoms. The van der Waals surface area contributed by atoms with Crippen LogP contribution in [-0.2, 0) is 14.3 Å². The maximum atomic E-state index is 12.3. The van der Waals surface area contributed by atoms with Gasteiger partial charge in [-0.2, -0.15) is 0 Å². The molecule has 1 atom stereocenters. The number of amides is 2. The van der Waals surface area contributed by atoms with Crippen molar-refractivity contribution in [2.45, 2.75) is 30.8 Å². The Morgan fingerprint density at radius 1 is 1.30 bits per heavy atom. The number of aliphatic carboxylic acids is 1. The molecule has 7 heteroatoms. The smallest absolute Gasteiger partial charge is 0.329 e. The van der Waals surface area contributed by atoms with Gasteiger partial charge in [0.05, 0.1) is 12.5 Å². The van der Waals surface area contributed by atoms with E-state index in [9.17, 15) is 19.5 Å². The molecule has 3 N–H and O–H groups in total. The number of rotatable bonds is 4. The first-order valence-corrected chi connectivity index (χ1v) is 7.54. The third-order valence-corrected chi connectivity index (χ3v) is 4.41. The van der Waals surface area contributed by atoms with Gasteiger partial charge in [0.25, 0.3) is 5.91 Å². The van der Waals surface area contributed by atoms with Crippen molar-refractivity contribution in [3.63, 3.8) is 0 Å². The zero-order valence-electron chi connectivity index (χ0n) is 12.5. The van der Waals surface area contributed by atoms with Crippen LogP contribution in [0, 0.1) is 0 Å². The number of carboxylic acid groups (broad SMARTS) is 1. The molecule has 3 rings (SSSR count). The Labute approximate surface area is 133 Å². The molecular formula is C16H18N2O5. The lowest BCUT2D eigenvalue weighted by Gasteiger charge is -2.34. The lowest BCUT2D eigenvalue weighted by atomic mass is 9.89. The highest BCUT2D eigenvalue weighted by Crippen LogP contribution is 2.28. The quantitative estimate of drug-likeness (QED) is 0.754. The van der Waals surface area contributed by atoms with Crippen molar-refractivity contribution < 1.29 is 24.2 Å². The predicted molar refractivity (Wildman–Crippen MR) is 79.8 cm³/mol. The standard InChI is InChI=1S/C16H18N2O5/c19-13(18-16(15(21)22)5-7-23-8-6-16)9-12-10-3-1-2-4-11(10)14(20)17-12/h1-4,12H,5-9H2,(H,17,20)(H,18,19)(H,21,22)/t12-/m0/s1. The van der Waals surface area contributed by atoms with Gasteiger partial charge < -0.3 is 20.5 Å². The second kappa shape index (κ2) is 6.00. The fourth-order valence-corrected chi connectivity index (χ4v) is 3.10. The van der Waals surface area contributed by atoms with E-state index in [4.69, 9.17) is 4.74 Å². The molecule has 2 aliphatic heterocycles. The minimum absolute atomic E-state index is 0.0125. The van der Waals surface area contributed by atoms with Crippen LogP contribution in [0.2, 0.25) is 0 Å². The molecule has 7 nitrogen and oxygen atoms in total. The molecule has 0 bridgehead atoms. The van der Waals surface area contributed by atoms with Gasteiger partial charge in [-0.25, -0.2) is 4.79 Å². The van der Waals surface area contributed by atoms with Crippen LogP contribution in [-0.4, -0.2) is 41.6 Å². The van der Waals surface area contributed by atoms with Crippen LogP contribution < -0.4 is 10.6 Å². The third kappa shape index (κ3) is 2.92. The number of carboxylic acids is 1. The van der Waals surface area contributed by atoms with E-state index in [1.54, 1.807) is 24.3 Å². The van der Waals surface area contributed by atoms with E-state index >= 15 is 0 Å². The van der Waals surface area contributed by atoms with E-state index in [-0.39, 0.29) is 25.2 Å². The van der Waals surface area contributed by atoms with Gasteiger partial charge >= 0.3 is 5.97 Å². The number of ether oxygens (including phenoxy) is 1. The summed E-state index contributed by atoms with van der Waals surface area (Å²) in [5, 5.41) is 14.9. The average molecular weight is 318 g/mol. The average Bonchev–Trinajstić information content (AvgIpc) is 2.84. The Bertz CT molecular complexity index is 652. The molecule has 2 amide bonds. The fourth-order valence-electron chi connectivity index (χ4n) is 3.10. The van der Waals surface area contributed by atoms with E-state index in [1.807, 2.05) is 0 Å². The number of carbonyl (C=O) groups excluding carboxylic acids is 2. The SMILES string of the molecule is O=C(C[C@@H]1NC(=O)c2ccccc21)NC1(C(=O)O)CCOCC1. The lowest BCUT2D eigenvalue weighted by molar-refractivity contribution is -0.152. The molecule has 1 fully saturated rings. The third-order valence-electron chi connectivity index (χ3n) is 4.41. The van der Waals surface area contributed by atoms with E-state index < -0.39 is 23.5 Å². The first-order valence-electron chi connectivity index (χ1n) is 7.54. The minimum atomic E-state index is -1.28. The Morgan fingerprint density at radius 2 is 2.00 bits per heavy atom. The Kier molecular flexibility index (Phi) is 4.04. The number of fused-ring (bicyclic) bond motifs is 1. The first-order chi connectivity index (χ1) is 11.0. The molecule has 2 aliphatic rings. The second-order valence-electron chi connectivity index (χ2n) is 5.87. The maximum Gasteiger partial charge on any atom is 0.329 e. The number of nitrogens with one attached hydrogen (secondary N) is 2. The van der Waals surface area contributed by atoms with Crippen LogP contribution in [0.5, 0.6) is 0 Å². The summed E-state index contributed by atoms with van der Waals surface area (Å²) in [7, 11) is 0. The largest absolute Gasteiger partial charge is 0.480 e. The van der Waals surface area contributed by atoms with E-state index in [1.165, 1.54) is 0 Å². The van der Waals surface area contributed by atoms with E-state index in [0.29, 0.717) is 18.8 Å². The Morgan fingerprint density at radius 3 is 2.70 bits per heavy atom. The molecule has 1 saturated heterocycles. The molecule has 23 heavy (non-hydrogen) atoms. The second-order valence-corrected chi connectivity index (χ2v) is 5.87. The zero-order valence-corrected chi connectivity index (χ0v) is 12.5. The van der Waals surface area contributed by atoms with Gasteiger partial charge in [-0.15, -0.1) is 0 Å².